The van der Waals surface area contributed by atoms with Crippen LogP contribution in [-0.2, 0) is 11.3 Å². The fourth-order valence-electron chi connectivity index (χ4n) is 2.37. The molecule has 0 unspecified atom stereocenters. The van der Waals surface area contributed by atoms with Crippen LogP contribution >= 0.6 is 0 Å². The lowest BCUT2D eigenvalue weighted by Gasteiger charge is -2.16. The first-order valence-corrected chi connectivity index (χ1v) is 8.26. The van der Waals surface area contributed by atoms with Crippen LogP contribution in [0.25, 0.3) is 0 Å². The minimum Gasteiger partial charge on any atom is -0.497 e. The number of hydrogen-bond acceptors (Lipinski definition) is 3. The van der Waals surface area contributed by atoms with Crippen LogP contribution in [0.5, 0.6) is 5.75 Å². The number of amides is 1. The summed E-state index contributed by atoms with van der Waals surface area (Å²) in [5.74, 6) is 1.29. The Hall–Kier alpha value is -2.49. The van der Waals surface area contributed by atoms with Crippen LogP contribution in [0.15, 0.2) is 48.5 Å². The summed E-state index contributed by atoms with van der Waals surface area (Å²) in [6.07, 6.45) is 0. The summed E-state index contributed by atoms with van der Waals surface area (Å²) in [6.45, 7) is 6.69. The van der Waals surface area contributed by atoms with Crippen LogP contribution in [0.2, 0.25) is 0 Å². The van der Waals surface area contributed by atoms with Gasteiger partial charge in [-0.05, 0) is 48.2 Å². The van der Waals surface area contributed by atoms with Gasteiger partial charge in [-0.2, -0.15) is 0 Å². The van der Waals surface area contributed by atoms with E-state index in [4.69, 9.17) is 4.74 Å². The van der Waals surface area contributed by atoms with Gasteiger partial charge in [0.05, 0.1) is 7.11 Å². The third-order valence-electron chi connectivity index (χ3n) is 3.98. The molecule has 0 saturated heterocycles. The van der Waals surface area contributed by atoms with Gasteiger partial charge in [0.1, 0.15) is 11.8 Å². The maximum Gasteiger partial charge on any atom is 0.242 e. The summed E-state index contributed by atoms with van der Waals surface area (Å²) in [5, 5.41) is 6.17. The highest BCUT2D eigenvalue weighted by Gasteiger charge is 2.12. The van der Waals surface area contributed by atoms with E-state index in [9.17, 15) is 4.79 Å². The Morgan fingerprint density at radius 2 is 1.62 bits per heavy atom. The molecule has 1 atom stereocenters. The van der Waals surface area contributed by atoms with E-state index in [0.717, 1.165) is 17.0 Å². The summed E-state index contributed by atoms with van der Waals surface area (Å²) in [6, 6.07) is 15.6. The molecule has 0 bridgehead atoms. The number of anilines is 1. The minimum atomic E-state index is -0.298. The van der Waals surface area contributed by atoms with Crippen LogP contribution in [0.4, 0.5) is 5.69 Å². The second-order valence-electron chi connectivity index (χ2n) is 6.21. The Kier molecular flexibility index (Phi) is 6.24. The largest absolute Gasteiger partial charge is 0.497 e. The van der Waals surface area contributed by atoms with E-state index in [1.54, 1.807) is 7.11 Å². The zero-order valence-electron chi connectivity index (χ0n) is 14.8. The van der Waals surface area contributed by atoms with Crippen LogP contribution < -0.4 is 15.4 Å². The Labute approximate surface area is 144 Å². The predicted molar refractivity (Wildman–Crippen MR) is 98.5 cm³/mol. The van der Waals surface area contributed by atoms with Crippen molar-refractivity contribution in [2.24, 2.45) is 0 Å². The quantitative estimate of drug-likeness (QED) is 0.810. The van der Waals surface area contributed by atoms with E-state index in [-0.39, 0.29) is 11.9 Å². The average Bonchev–Trinajstić information content (AvgIpc) is 2.60. The van der Waals surface area contributed by atoms with Crippen molar-refractivity contribution in [1.82, 2.24) is 5.32 Å². The average molecular weight is 326 g/mol. The van der Waals surface area contributed by atoms with Gasteiger partial charge in [0, 0.05) is 12.2 Å². The topological polar surface area (TPSA) is 50.4 Å². The van der Waals surface area contributed by atoms with Gasteiger partial charge in [0.15, 0.2) is 0 Å². The third kappa shape index (κ3) is 5.01. The lowest BCUT2D eigenvalue weighted by Crippen LogP contribution is -2.37. The van der Waals surface area contributed by atoms with Crippen molar-refractivity contribution in [3.63, 3.8) is 0 Å². The first kappa shape index (κ1) is 17.9. The molecule has 0 saturated carbocycles. The molecular formula is C20H26N2O2. The Balaban J connectivity index is 1.84. The second kappa shape index (κ2) is 8.39. The van der Waals surface area contributed by atoms with Gasteiger partial charge in [0.2, 0.25) is 5.91 Å². The van der Waals surface area contributed by atoms with Crippen molar-refractivity contribution < 1.29 is 9.53 Å². The van der Waals surface area contributed by atoms with E-state index >= 15 is 0 Å². The van der Waals surface area contributed by atoms with Crippen molar-refractivity contribution in [2.75, 3.05) is 12.4 Å². The summed E-state index contributed by atoms with van der Waals surface area (Å²) in [7, 11) is 1.64. The normalized spacial score (nSPS) is 11.9. The van der Waals surface area contributed by atoms with E-state index in [1.165, 1.54) is 5.56 Å². The molecule has 0 radical (unpaired) electrons. The maximum atomic E-state index is 12.2. The fraction of sp³-hybridized carbons (Fsp3) is 0.350. The number of ether oxygens (including phenoxy) is 1. The van der Waals surface area contributed by atoms with Crippen LogP contribution in [0.1, 0.15) is 37.8 Å². The second-order valence-corrected chi connectivity index (χ2v) is 6.21. The number of carbonyl (C=O) groups excluding carboxylic acids is 1. The summed E-state index contributed by atoms with van der Waals surface area (Å²) < 4.78 is 5.13. The van der Waals surface area contributed by atoms with E-state index in [0.29, 0.717) is 12.5 Å². The van der Waals surface area contributed by atoms with Gasteiger partial charge >= 0.3 is 0 Å². The van der Waals surface area contributed by atoms with Crippen molar-refractivity contribution in [2.45, 2.75) is 39.3 Å². The zero-order valence-corrected chi connectivity index (χ0v) is 14.8. The van der Waals surface area contributed by atoms with Gasteiger partial charge in [-0.25, -0.2) is 0 Å². The number of hydrogen-bond donors (Lipinski definition) is 2. The molecular weight excluding hydrogens is 300 g/mol. The first-order chi connectivity index (χ1) is 11.5. The van der Waals surface area contributed by atoms with Gasteiger partial charge in [0.25, 0.3) is 0 Å². The molecule has 2 aromatic rings. The van der Waals surface area contributed by atoms with Gasteiger partial charge in [-0.1, -0.05) is 38.1 Å². The first-order valence-electron chi connectivity index (χ1n) is 8.26. The molecule has 0 fully saturated rings. The molecule has 0 spiro atoms. The smallest absolute Gasteiger partial charge is 0.242 e. The van der Waals surface area contributed by atoms with E-state index in [2.05, 4.69) is 36.6 Å². The van der Waals surface area contributed by atoms with Crippen molar-refractivity contribution >= 4 is 11.6 Å². The summed E-state index contributed by atoms with van der Waals surface area (Å²) >= 11 is 0. The standard InChI is InChI=1S/C20H26N2O2/c1-14(2)17-7-9-18(10-8-17)22-15(3)20(23)21-13-16-5-11-19(24-4)12-6-16/h5-12,14-15,22H,13H2,1-4H3,(H,21,23)/t15-/m0/s1. The van der Waals surface area contributed by atoms with Gasteiger partial charge in [-0.15, -0.1) is 0 Å². The molecule has 128 valence electrons. The Morgan fingerprint density at radius 3 is 2.17 bits per heavy atom. The van der Waals surface area contributed by atoms with Crippen LogP contribution in [0.3, 0.4) is 0 Å². The van der Waals surface area contributed by atoms with Gasteiger partial charge in [-0.3, -0.25) is 4.79 Å². The molecule has 4 heteroatoms. The molecule has 0 aliphatic heterocycles. The molecule has 0 heterocycles. The third-order valence-corrected chi connectivity index (χ3v) is 3.98. The van der Waals surface area contributed by atoms with E-state index in [1.807, 2.05) is 43.3 Å². The number of benzene rings is 2. The van der Waals surface area contributed by atoms with Crippen molar-refractivity contribution in [3.8, 4) is 5.75 Å². The SMILES string of the molecule is COc1ccc(CNC(=O)[C@H](C)Nc2ccc(C(C)C)cc2)cc1. The molecule has 4 nitrogen and oxygen atoms in total. The lowest BCUT2D eigenvalue weighted by atomic mass is 10.0. The molecule has 24 heavy (non-hydrogen) atoms. The molecule has 0 aliphatic carbocycles. The highest BCUT2D eigenvalue weighted by atomic mass is 16.5. The Bertz CT molecular complexity index is 648. The van der Waals surface area contributed by atoms with Crippen molar-refractivity contribution in [3.05, 3.63) is 59.7 Å². The maximum absolute atomic E-state index is 12.2. The van der Waals surface area contributed by atoms with Crippen LogP contribution in [0, 0.1) is 0 Å². The van der Waals surface area contributed by atoms with Gasteiger partial charge < -0.3 is 15.4 Å². The number of methoxy groups -OCH3 is 1. The fourth-order valence-corrected chi connectivity index (χ4v) is 2.37. The highest BCUT2D eigenvalue weighted by molar-refractivity contribution is 5.84. The molecule has 0 aliphatic rings. The zero-order chi connectivity index (χ0) is 17.5. The monoisotopic (exact) mass is 326 g/mol. The van der Waals surface area contributed by atoms with Crippen molar-refractivity contribution in [1.29, 1.82) is 0 Å². The Morgan fingerprint density at radius 1 is 1.00 bits per heavy atom. The number of rotatable bonds is 7. The number of nitrogens with one attached hydrogen (secondary N) is 2. The molecule has 2 aromatic carbocycles. The number of carbonyl (C=O) groups is 1. The summed E-state index contributed by atoms with van der Waals surface area (Å²) in [5.41, 5.74) is 3.28. The highest BCUT2D eigenvalue weighted by Crippen LogP contribution is 2.17. The minimum absolute atomic E-state index is 0.0289. The molecule has 2 rings (SSSR count). The lowest BCUT2D eigenvalue weighted by molar-refractivity contribution is -0.121. The van der Waals surface area contributed by atoms with Crippen LogP contribution in [-0.4, -0.2) is 19.1 Å². The van der Waals surface area contributed by atoms with E-state index < -0.39 is 0 Å². The predicted octanol–water partition coefficient (Wildman–Crippen LogP) is 3.94. The molecule has 0 aromatic heterocycles. The summed E-state index contributed by atoms with van der Waals surface area (Å²) in [4.78, 5) is 12.2. The molecule has 2 N–H and O–H groups in total. The molecule has 1 amide bonds.